The Bertz CT molecular complexity index is 469. The Labute approximate surface area is 153 Å². The van der Waals surface area contributed by atoms with E-state index in [1.54, 1.807) is 13.8 Å². The second-order valence-corrected chi connectivity index (χ2v) is 6.23. The molecule has 0 aromatic rings. The summed E-state index contributed by atoms with van der Waals surface area (Å²) < 4.78 is 20.7. The third kappa shape index (κ3) is 6.87. The number of carbonyl (C=O) groups excluding carboxylic acids is 2. The van der Waals surface area contributed by atoms with Crippen molar-refractivity contribution in [2.24, 2.45) is 11.8 Å². The molecular formula is C18H28O8. The van der Waals surface area contributed by atoms with Crippen LogP contribution >= 0.6 is 0 Å². The van der Waals surface area contributed by atoms with Crippen molar-refractivity contribution in [2.75, 3.05) is 27.4 Å². The molecule has 0 radical (unpaired) electrons. The summed E-state index contributed by atoms with van der Waals surface area (Å²) in [6, 6.07) is 0. The molecule has 0 bridgehead atoms. The molecule has 0 aromatic carbocycles. The summed E-state index contributed by atoms with van der Waals surface area (Å²) in [5.74, 6) is -2.15. The van der Waals surface area contributed by atoms with E-state index < -0.39 is 48.2 Å². The van der Waals surface area contributed by atoms with Crippen molar-refractivity contribution in [3.8, 4) is 0 Å². The monoisotopic (exact) mass is 372 g/mol. The molecule has 1 heterocycles. The maximum absolute atomic E-state index is 11.8. The predicted molar refractivity (Wildman–Crippen MR) is 92.1 cm³/mol. The molecule has 0 saturated heterocycles. The van der Waals surface area contributed by atoms with Gasteiger partial charge in [0.25, 0.3) is 0 Å². The van der Waals surface area contributed by atoms with E-state index in [9.17, 15) is 19.8 Å². The highest BCUT2D eigenvalue weighted by molar-refractivity contribution is 5.82. The summed E-state index contributed by atoms with van der Waals surface area (Å²) in [6.45, 7) is 3.24. The normalized spacial score (nSPS) is 37.5. The zero-order valence-electron chi connectivity index (χ0n) is 15.5. The smallest absolute Gasteiger partial charge is 0.330 e. The molecule has 1 rings (SSSR count). The van der Waals surface area contributed by atoms with Gasteiger partial charge in [0.05, 0.1) is 24.4 Å². The molecule has 26 heavy (non-hydrogen) atoms. The Balaban J connectivity index is 2.98. The van der Waals surface area contributed by atoms with Crippen LogP contribution in [0.4, 0.5) is 0 Å². The fourth-order valence-electron chi connectivity index (χ4n) is 2.44. The number of rotatable bonds is 2. The standard InChI is InChI=1S/C18H28O8/c1-11-13(19)5-7-17(21)26-10-16(24-4)12(2)14(20)6-8-18(22)25-9-15(11)23-3/h5-8,11-16,19-20H,9-10H2,1-4H3/b7-5+,8-6+/t11-,12-,13+,14+,15-,16?/m1/s1. The molecule has 0 aliphatic carbocycles. The highest BCUT2D eigenvalue weighted by Crippen LogP contribution is 2.16. The Hall–Kier alpha value is -1.74. The minimum absolute atomic E-state index is 0.0808. The highest BCUT2D eigenvalue weighted by atomic mass is 16.6. The van der Waals surface area contributed by atoms with Gasteiger partial charge in [-0.1, -0.05) is 13.8 Å². The Morgan fingerprint density at radius 3 is 1.50 bits per heavy atom. The molecule has 8 nitrogen and oxygen atoms in total. The molecule has 8 heteroatoms. The summed E-state index contributed by atoms with van der Waals surface area (Å²) in [4.78, 5) is 23.6. The first-order valence-electron chi connectivity index (χ1n) is 8.41. The van der Waals surface area contributed by atoms with Gasteiger partial charge >= 0.3 is 11.9 Å². The van der Waals surface area contributed by atoms with E-state index in [0.29, 0.717) is 0 Å². The van der Waals surface area contributed by atoms with Gasteiger partial charge in [0.15, 0.2) is 0 Å². The molecule has 2 N–H and O–H groups in total. The second kappa shape index (κ2) is 11.1. The molecule has 0 aromatic heterocycles. The number of hydrogen-bond acceptors (Lipinski definition) is 8. The topological polar surface area (TPSA) is 112 Å². The average molecular weight is 372 g/mol. The van der Waals surface area contributed by atoms with Crippen LogP contribution in [0.3, 0.4) is 0 Å². The first-order chi connectivity index (χ1) is 12.3. The van der Waals surface area contributed by atoms with E-state index in [1.165, 1.54) is 26.4 Å². The van der Waals surface area contributed by atoms with Crippen molar-refractivity contribution in [3.63, 3.8) is 0 Å². The van der Waals surface area contributed by atoms with Gasteiger partial charge < -0.3 is 29.2 Å². The van der Waals surface area contributed by atoms with Gasteiger partial charge in [0.2, 0.25) is 0 Å². The number of hydrogen-bond donors (Lipinski definition) is 2. The van der Waals surface area contributed by atoms with E-state index in [2.05, 4.69) is 0 Å². The van der Waals surface area contributed by atoms with E-state index >= 15 is 0 Å². The third-order valence-electron chi connectivity index (χ3n) is 4.49. The van der Waals surface area contributed by atoms with Gasteiger partial charge in [-0.15, -0.1) is 0 Å². The van der Waals surface area contributed by atoms with Crippen LogP contribution in [-0.2, 0) is 28.5 Å². The molecule has 1 unspecified atom stereocenters. The number of methoxy groups -OCH3 is 2. The van der Waals surface area contributed by atoms with Crippen LogP contribution in [0.25, 0.3) is 0 Å². The van der Waals surface area contributed by atoms with Crippen molar-refractivity contribution in [1.29, 1.82) is 0 Å². The molecule has 0 spiro atoms. The van der Waals surface area contributed by atoms with Crippen LogP contribution in [0.1, 0.15) is 13.8 Å². The summed E-state index contributed by atoms with van der Waals surface area (Å²) >= 11 is 0. The summed E-state index contributed by atoms with van der Waals surface area (Å²) in [6.07, 6.45) is 1.72. The Kier molecular flexibility index (Phi) is 9.50. The van der Waals surface area contributed by atoms with Gasteiger partial charge in [-0.3, -0.25) is 0 Å². The summed E-state index contributed by atoms with van der Waals surface area (Å²) in [5, 5.41) is 20.3. The van der Waals surface area contributed by atoms with Crippen molar-refractivity contribution in [3.05, 3.63) is 24.3 Å². The lowest BCUT2D eigenvalue weighted by Gasteiger charge is -2.26. The molecule has 0 amide bonds. The quantitative estimate of drug-likeness (QED) is 0.663. The van der Waals surface area contributed by atoms with E-state index in [4.69, 9.17) is 18.9 Å². The molecule has 148 valence electrons. The Morgan fingerprint density at radius 2 is 1.19 bits per heavy atom. The van der Waals surface area contributed by atoms with Gasteiger partial charge in [-0.2, -0.15) is 0 Å². The van der Waals surface area contributed by atoms with E-state index in [-0.39, 0.29) is 13.2 Å². The largest absolute Gasteiger partial charge is 0.460 e. The van der Waals surface area contributed by atoms with E-state index in [1.807, 2.05) is 0 Å². The zero-order chi connectivity index (χ0) is 19.7. The average Bonchev–Trinajstić information content (AvgIpc) is 2.63. The fraction of sp³-hybridized carbons (Fsp3) is 0.667. The van der Waals surface area contributed by atoms with Crippen LogP contribution in [0.5, 0.6) is 0 Å². The zero-order valence-corrected chi connectivity index (χ0v) is 15.5. The lowest BCUT2D eigenvalue weighted by atomic mass is 9.97. The fourth-order valence-corrected chi connectivity index (χ4v) is 2.44. The van der Waals surface area contributed by atoms with Crippen LogP contribution in [0.15, 0.2) is 24.3 Å². The van der Waals surface area contributed by atoms with E-state index in [0.717, 1.165) is 12.2 Å². The first-order valence-corrected chi connectivity index (χ1v) is 8.41. The number of esters is 2. The molecule has 0 fully saturated rings. The minimum atomic E-state index is -0.992. The molecule has 6 atom stereocenters. The molecule has 1 aliphatic rings. The maximum Gasteiger partial charge on any atom is 0.330 e. The van der Waals surface area contributed by atoms with Crippen LogP contribution in [0.2, 0.25) is 0 Å². The Morgan fingerprint density at radius 1 is 0.846 bits per heavy atom. The van der Waals surface area contributed by atoms with Crippen molar-refractivity contribution in [2.45, 2.75) is 38.3 Å². The van der Waals surface area contributed by atoms with Gasteiger partial charge in [0.1, 0.15) is 13.2 Å². The van der Waals surface area contributed by atoms with Crippen molar-refractivity contribution in [1.82, 2.24) is 0 Å². The van der Waals surface area contributed by atoms with Gasteiger partial charge in [-0.05, 0) is 12.2 Å². The SMILES string of the molecule is COC1COC(=O)/C=C/[C@H](O)[C@@H](C)[C@H](OC)COC(=O)/C=C/[C@H](O)[C@H]1C. The molecule has 0 saturated carbocycles. The van der Waals surface area contributed by atoms with Gasteiger partial charge in [0, 0.05) is 38.2 Å². The van der Waals surface area contributed by atoms with Crippen molar-refractivity contribution < 1.29 is 38.7 Å². The van der Waals surface area contributed by atoms with Crippen LogP contribution < -0.4 is 0 Å². The predicted octanol–water partition coefficient (Wildman–Crippen LogP) is 0.223. The number of ether oxygens (including phenoxy) is 4. The lowest BCUT2D eigenvalue weighted by Crippen LogP contribution is -2.35. The number of carbonyl (C=O) groups is 2. The van der Waals surface area contributed by atoms with Crippen LogP contribution in [0, 0.1) is 11.8 Å². The van der Waals surface area contributed by atoms with Crippen molar-refractivity contribution >= 4 is 11.9 Å². The molecule has 1 aliphatic heterocycles. The van der Waals surface area contributed by atoms with Gasteiger partial charge in [-0.25, -0.2) is 9.59 Å². The lowest BCUT2D eigenvalue weighted by molar-refractivity contribution is -0.143. The number of aliphatic hydroxyl groups is 2. The minimum Gasteiger partial charge on any atom is -0.460 e. The number of aliphatic hydroxyl groups excluding tert-OH is 2. The summed E-state index contributed by atoms with van der Waals surface area (Å²) in [7, 11) is 2.87. The van der Waals surface area contributed by atoms with Crippen LogP contribution in [-0.4, -0.2) is 74.0 Å². The first kappa shape index (κ1) is 22.3. The molecular weight excluding hydrogens is 344 g/mol. The maximum atomic E-state index is 11.8. The second-order valence-electron chi connectivity index (χ2n) is 6.23. The number of cyclic esters (lactones) is 2. The third-order valence-corrected chi connectivity index (χ3v) is 4.49. The summed E-state index contributed by atoms with van der Waals surface area (Å²) in [5.41, 5.74) is 0. The highest BCUT2D eigenvalue weighted by Gasteiger charge is 2.26.